The molecule has 0 aliphatic carbocycles. The van der Waals surface area contributed by atoms with E-state index in [1.165, 1.54) is 62.5 Å². The Labute approximate surface area is 214 Å². The predicted molar refractivity (Wildman–Crippen MR) is 169 cm³/mol. The smallest absolute Gasteiger partial charge is 0.0326 e. The molecule has 0 radical (unpaired) electrons. The van der Waals surface area contributed by atoms with Crippen LogP contribution in [0.1, 0.15) is 191 Å². The summed E-state index contributed by atoms with van der Waals surface area (Å²) in [5, 5.41) is 0. The van der Waals surface area contributed by atoms with E-state index in [-0.39, 0.29) is 14.9 Å². The maximum atomic E-state index is 2.20. The lowest BCUT2D eigenvalue weighted by atomic mass is 10.2. The first-order valence-corrected chi connectivity index (χ1v) is 13.7. The van der Waals surface area contributed by atoms with Gasteiger partial charge < -0.3 is 0 Å². The normalized spacial score (nSPS) is 7.94. The van der Waals surface area contributed by atoms with Crippen LogP contribution in [0.4, 0.5) is 0 Å². The average Bonchev–Trinajstić information content (AvgIpc) is 2.85. The summed E-state index contributed by atoms with van der Waals surface area (Å²) in [6, 6.07) is 0. The van der Waals surface area contributed by atoms with Crippen LogP contribution in [0.15, 0.2) is 23.3 Å². The molecule has 0 aliphatic heterocycles. The molecular weight excluding hydrogens is 384 g/mol. The third kappa shape index (κ3) is 181. The van der Waals surface area contributed by atoms with E-state index in [0.717, 1.165) is 0 Å². The minimum Gasteiger partial charge on any atom is -0.0887 e. The first-order chi connectivity index (χ1) is 14.4. The molecule has 0 saturated heterocycles. The lowest BCUT2D eigenvalue weighted by molar-refractivity contribution is 0.886. The zero-order chi connectivity index (χ0) is 26.2. The van der Waals surface area contributed by atoms with Crippen LogP contribution >= 0.6 is 0 Å². The van der Waals surface area contributed by atoms with Gasteiger partial charge in [-0.15, -0.1) is 0 Å². The Morgan fingerprint density at radius 1 is 0.406 bits per heavy atom. The molecule has 208 valence electrons. The van der Waals surface area contributed by atoms with E-state index in [9.17, 15) is 0 Å². The van der Waals surface area contributed by atoms with Crippen LogP contribution in [-0.2, 0) is 0 Å². The van der Waals surface area contributed by atoms with Gasteiger partial charge in [0.25, 0.3) is 0 Å². The topological polar surface area (TPSA) is 0 Å². The minimum absolute atomic E-state index is 0. The van der Waals surface area contributed by atoms with E-state index < -0.39 is 0 Å². The van der Waals surface area contributed by atoms with Gasteiger partial charge in [0.15, 0.2) is 0 Å². The van der Waals surface area contributed by atoms with Crippen molar-refractivity contribution in [1.82, 2.24) is 0 Å². The van der Waals surface area contributed by atoms with Crippen LogP contribution in [0.5, 0.6) is 0 Å². The summed E-state index contributed by atoms with van der Waals surface area (Å²) in [4.78, 5) is 0. The summed E-state index contributed by atoms with van der Waals surface area (Å²) in [7, 11) is 0. The highest BCUT2D eigenvalue weighted by molar-refractivity contribution is 4.94. The Morgan fingerprint density at radius 2 is 0.562 bits per heavy atom. The van der Waals surface area contributed by atoms with Crippen molar-refractivity contribution in [2.75, 3.05) is 0 Å². The SMILES string of the molecule is C.C.C/C=C(/C)CCC.C/C=C(/C)CCC.CC.CC.CC.CC.CCCC.CCCC. The van der Waals surface area contributed by atoms with E-state index in [1.54, 1.807) is 0 Å². The molecule has 0 atom stereocenters. The number of hydrogen-bond acceptors (Lipinski definition) is 0. The summed E-state index contributed by atoms with van der Waals surface area (Å²) in [6.45, 7) is 37.6. The van der Waals surface area contributed by atoms with Crippen LogP contribution in [-0.4, -0.2) is 0 Å². The van der Waals surface area contributed by atoms with Gasteiger partial charge in [0.2, 0.25) is 0 Å². The Kier molecular flexibility index (Phi) is 219. The van der Waals surface area contributed by atoms with Crippen molar-refractivity contribution in [2.24, 2.45) is 0 Å². The highest BCUT2D eigenvalue weighted by Gasteiger charge is 1.80. The zero-order valence-electron chi connectivity index (χ0n) is 25.8. The fourth-order valence-corrected chi connectivity index (χ4v) is 1.08. The molecule has 0 aromatic carbocycles. The summed E-state index contributed by atoms with van der Waals surface area (Å²) in [6.07, 6.45) is 14.7. The summed E-state index contributed by atoms with van der Waals surface area (Å²) in [5.41, 5.74) is 3.00. The standard InChI is InChI=1S/2C7H14.2C4H10.4C2H6.2CH4/c2*1-4-6-7(3)5-2;2*1-3-4-2;4*1-2;;/h2*5H,4,6H2,1-3H3;2*3-4H2,1-2H3;4*1-2H3;2*1H4/b2*7-5-;;;;;;;;. The molecule has 0 unspecified atom stereocenters. The Morgan fingerprint density at radius 3 is 0.594 bits per heavy atom. The third-order valence-corrected chi connectivity index (χ3v) is 3.27. The van der Waals surface area contributed by atoms with Gasteiger partial charge in [-0.25, -0.2) is 0 Å². The zero-order valence-corrected chi connectivity index (χ0v) is 25.8. The number of rotatable bonds is 6. The van der Waals surface area contributed by atoms with Crippen LogP contribution in [0.25, 0.3) is 0 Å². The Bertz CT molecular complexity index is 180. The van der Waals surface area contributed by atoms with Gasteiger partial charge in [0.1, 0.15) is 0 Å². The first-order valence-electron chi connectivity index (χ1n) is 13.7. The molecule has 0 rings (SSSR count). The molecule has 0 saturated carbocycles. The molecule has 0 heterocycles. The molecule has 0 aromatic heterocycles. The lowest BCUT2D eigenvalue weighted by Gasteiger charge is -1.91. The number of hydrogen-bond donors (Lipinski definition) is 0. The fraction of sp³-hybridized carbons (Fsp3) is 0.875. The fourth-order valence-electron chi connectivity index (χ4n) is 1.08. The van der Waals surface area contributed by atoms with E-state index in [1.807, 2.05) is 55.4 Å². The van der Waals surface area contributed by atoms with Crippen molar-refractivity contribution in [3.05, 3.63) is 23.3 Å². The molecule has 0 amide bonds. The second-order valence-corrected chi connectivity index (χ2v) is 5.77. The molecule has 32 heavy (non-hydrogen) atoms. The highest BCUT2D eigenvalue weighted by atomic mass is 13.9. The van der Waals surface area contributed by atoms with Crippen molar-refractivity contribution in [3.63, 3.8) is 0 Å². The lowest BCUT2D eigenvalue weighted by Crippen LogP contribution is -1.70. The predicted octanol–water partition coefficient (Wildman–Crippen LogP) is 14.5. The van der Waals surface area contributed by atoms with E-state index in [2.05, 4.69) is 81.4 Å². The van der Waals surface area contributed by atoms with Crippen molar-refractivity contribution in [1.29, 1.82) is 0 Å². The van der Waals surface area contributed by atoms with Crippen LogP contribution in [0.2, 0.25) is 0 Å². The Hall–Kier alpha value is -0.520. The van der Waals surface area contributed by atoms with Crippen LogP contribution in [0, 0.1) is 0 Å². The van der Waals surface area contributed by atoms with Gasteiger partial charge in [0.05, 0.1) is 0 Å². The van der Waals surface area contributed by atoms with Crippen molar-refractivity contribution in [2.45, 2.75) is 191 Å². The molecule has 0 spiro atoms. The first kappa shape index (κ1) is 63.4. The van der Waals surface area contributed by atoms with Crippen LogP contribution < -0.4 is 0 Å². The largest absolute Gasteiger partial charge is 0.0887 e. The van der Waals surface area contributed by atoms with Gasteiger partial charge in [-0.05, 0) is 40.5 Å². The van der Waals surface area contributed by atoms with Crippen molar-refractivity contribution in [3.8, 4) is 0 Å². The highest BCUT2D eigenvalue weighted by Crippen LogP contribution is 2.01. The number of unbranched alkanes of at least 4 members (excludes halogenated alkanes) is 2. The van der Waals surface area contributed by atoms with Gasteiger partial charge in [-0.1, -0.05) is 174 Å². The molecule has 0 heteroatoms. The molecule has 0 bridgehead atoms. The maximum absolute atomic E-state index is 2.20. The quantitative estimate of drug-likeness (QED) is 0.343. The number of allylic oxidation sites excluding steroid dienone is 4. The summed E-state index contributed by atoms with van der Waals surface area (Å²) in [5.74, 6) is 0. The van der Waals surface area contributed by atoms with E-state index in [0.29, 0.717) is 0 Å². The second-order valence-electron chi connectivity index (χ2n) is 5.77. The maximum Gasteiger partial charge on any atom is -0.0326 e. The van der Waals surface area contributed by atoms with Crippen molar-refractivity contribution < 1.29 is 0 Å². The van der Waals surface area contributed by atoms with Crippen molar-refractivity contribution >= 4 is 0 Å². The molecular formula is C32H80. The minimum atomic E-state index is 0. The van der Waals surface area contributed by atoms with Gasteiger partial charge in [-0.3, -0.25) is 0 Å². The van der Waals surface area contributed by atoms with Gasteiger partial charge in [-0.2, -0.15) is 0 Å². The molecule has 0 aliphatic rings. The third-order valence-electron chi connectivity index (χ3n) is 3.27. The molecule has 0 nitrogen and oxygen atoms in total. The molecule has 0 aromatic rings. The average molecular weight is 465 g/mol. The van der Waals surface area contributed by atoms with Gasteiger partial charge >= 0.3 is 0 Å². The van der Waals surface area contributed by atoms with Crippen LogP contribution in [0.3, 0.4) is 0 Å². The monoisotopic (exact) mass is 465 g/mol. The molecule has 0 N–H and O–H groups in total. The summed E-state index contributed by atoms with van der Waals surface area (Å²) < 4.78 is 0. The second kappa shape index (κ2) is 111. The van der Waals surface area contributed by atoms with E-state index >= 15 is 0 Å². The van der Waals surface area contributed by atoms with Gasteiger partial charge in [0, 0.05) is 0 Å². The summed E-state index contributed by atoms with van der Waals surface area (Å²) >= 11 is 0. The van der Waals surface area contributed by atoms with E-state index in [4.69, 9.17) is 0 Å². The Balaban J connectivity index is -0.0000000228. The molecule has 0 fully saturated rings.